The Morgan fingerprint density at radius 2 is 1.95 bits per heavy atom. The maximum absolute atomic E-state index is 12.0. The fourth-order valence-corrected chi connectivity index (χ4v) is 2.45. The Balaban J connectivity index is 2.65. The van der Waals surface area contributed by atoms with E-state index in [0.29, 0.717) is 0 Å². The lowest BCUT2D eigenvalue weighted by molar-refractivity contribution is 0.0690. The number of nitrogens with one attached hydrogen (secondary N) is 1. The molecule has 0 heterocycles. The molecule has 4 nitrogen and oxygen atoms in total. The first kappa shape index (κ1) is 15.6. The van der Waals surface area contributed by atoms with E-state index in [1.807, 2.05) is 18.7 Å². The highest BCUT2D eigenvalue weighted by atomic mass is 32.2. The number of hydrogen-bond donors (Lipinski definition) is 2. The van der Waals surface area contributed by atoms with E-state index in [1.165, 1.54) is 12.1 Å². The van der Waals surface area contributed by atoms with Crippen LogP contribution in [0.25, 0.3) is 0 Å². The lowest BCUT2D eigenvalue weighted by Crippen LogP contribution is -2.33. The van der Waals surface area contributed by atoms with Crippen LogP contribution in [0, 0.1) is 0 Å². The zero-order valence-electron chi connectivity index (χ0n) is 11.2. The van der Waals surface area contributed by atoms with Gasteiger partial charge in [-0.15, -0.1) is 0 Å². The third-order valence-electron chi connectivity index (χ3n) is 2.68. The van der Waals surface area contributed by atoms with Gasteiger partial charge in [0.25, 0.3) is 5.91 Å². The average Bonchev–Trinajstić information content (AvgIpc) is 2.39. The van der Waals surface area contributed by atoms with Gasteiger partial charge in [0.15, 0.2) is 0 Å². The molecule has 0 saturated carbocycles. The molecule has 1 amide bonds. The molecule has 0 spiro atoms. The van der Waals surface area contributed by atoms with Crippen molar-refractivity contribution >= 4 is 23.6 Å². The predicted molar refractivity (Wildman–Crippen MR) is 77.9 cm³/mol. The van der Waals surface area contributed by atoms with E-state index < -0.39 is 5.97 Å². The van der Waals surface area contributed by atoms with Crippen molar-refractivity contribution in [1.29, 1.82) is 0 Å². The highest BCUT2D eigenvalue weighted by molar-refractivity contribution is 7.99. The number of aromatic carboxylic acids is 1. The smallest absolute Gasteiger partial charge is 0.336 e. The van der Waals surface area contributed by atoms with E-state index in [0.717, 1.165) is 17.9 Å². The average molecular weight is 281 g/mol. The Labute approximate surface area is 117 Å². The molecular formula is C14H19NO3S. The van der Waals surface area contributed by atoms with Gasteiger partial charge in [0.2, 0.25) is 0 Å². The SMILES string of the molecule is CCSCCC(C)NC(=O)c1ccccc1C(=O)O. The lowest BCUT2D eigenvalue weighted by atomic mass is 10.1. The highest BCUT2D eigenvalue weighted by Gasteiger charge is 2.16. The van der Waals surface area contributed by atoms with Crippen molar-refractivity contribution in [3.63, 3.8) is 0 Å². The Morgan fingerprint density at radius 1 is 1.32 bits per heavy atom. The highest BCUT2D eigenvalue weighted by Crippen LogP contribution is 2.10. The van der Waals surface area contributed by atoms with E-state index in [4.69, 9.17) is 5.11 Å². The molecule has 2 N–H and O–H groups in total. The number of carboxylic acids is 1. The molecule has 1 rings (SSSR count). The van der Waals surface area contributed by atoms with Crippen LogP contribution in [0.5, 0.6) is 0 Å². The summed E-state index contributed by atoms with van der Waals surface area (Å²) < 4.78 is 0. The van der Waals surface area contributed by atoms with Gasteiger partial charge in [-0.25, -0.2) is 4.79 Å². The van der Waals surface area contributed by atoms with E-state index in [9.17, 15) is 9.59 Å². The van der Waals surface area contributed by atoms with Crippen LogP contribution in [0.4, 0.5) is 0 Å². The molecule has 19 heavy (non-hydrogen) atoms. The van der Waals surface area contributed by atoms with Crippen LogP contribution in [-0.4, -0.2) is 34.5 Å². The molecule has 0 bridgehead atoms. The van der Waals surface area contributed by atoms with Crippen molar-refractivity contribution in [2.45, 2.75) is 26.3 Å². The molecule has 5 heteroatoms. The third-order valence-corrected chi connectivity index (χ3v) is 3.61. The molecule has 0 saturated heterocycles. The first-order valence-electron chi connectivity index (χ1n) is 6.27. The summed E-state index contributed by atoms with van der Waals surface area (Å²) >= 11 is 1.82. The molecule has 0 fully saturated rings. The summed E-state index contributed by atoms with van der Waals surface area (Å²) in [6.45, 7) is 4.02. The third kappa shape index (κ3) is 4.95. The van der Waals surface area contributed by atoms with Crippen molar-refractivity contribution in [1.82, 2.24) is 5.32 Å². The second-order valence-electron chi connectivity index (χ2n) is 4.21. The van der Waals surface area contributed by atoms with Crippen molar-refractivity contribution in [2.75, 3.05) is 11.5 Å². The molecule has 0 aliphatic heterocycles. The summed E-state index contributed by atoms with van der Waals surface area (Å²) in [5.74, 6) is 0.632. The fourth-order valence-electron chi connectivity index (χ4n) is 1.65. The zero-order valence-corrected chi connectivity index (χ0v) is 12.0. The van der Waals surface area contributed by atoms with Crippen LogP contribution in [0.15, 0.2) is 24.3 Å². The van der Waals surface area contributed by atoms with Crippen molar-refractivity contribution in [3.8, 4) is 0 Å². The van der Waals surface area contributed by atoms with E-state index in [2.05, 4.69) is 12.2 Å². The molecule has 0 aliphatic rings. The van der Waals surface area contributed by atoms with Gasteiger partial charge in [-0.05, 0) is 37.0 Å². The summed E-state index contributed by atoms with van der Waals surface area (Å²) in [5, 5.41) is 11.9. The van der Waals surface area contributed by atoms with Crippen LogP contribution in [0.2, 0.25) is 0 Å². The largest absolute Gasteiger partial charge is 0.478 e. The first-order valence-corrected chi connectivity index (χ1v) is 7.42. The van der Waals surface area contributed by atoms with Crippen LogP contribution in [0.3, 0.4) is 0 Å². The normalized spacial score (nSPS) is 11.9. The number of rotatable bonds is 7. The summed E-state index contributed by atoms with van der Waals surface area (Å²) in [4.78, 5) is 23.1. The van der Waals surface area contributed by atoms with Gasteiger partial charge < -0.3 is 10.4 Å². The quantitative estimate of drug-likeness (QED) is 0.754. The molecule has 1 aromatic rings. The molecule has 1 atom stereocenters. The zero-order chi connectivity index (χ0) is 14.3. The van der Waals surface area contributed by atoms with Crippen molar-refractivity contribution < 1.29 is 14.7 Å². The predicted octanol–water partition coefficient (Wildman–Crippen LogP) is 2.65. The number of carbonyl (C=O) groups excluding carboxylic acids is 1. The Hall–Kier alpha value is -1.49. The molecule has 0 aromatic heterocycles. The maximum atomic E-state index is 12.0. The van der Waals surface area contributed by atoms with Gasteiger partial charge in [-0.3, -0.25) is 4.79 Å². The van der Waals surface area contributed by atoms with Crippen molar-refractivity contribution in [2.24, 2.45) is 0 Å². The summed E-state index contributed by atoms with van der Waals surface area (Å²) in [5.41, 5.74) is 0.250. The Bertz CT molecular complexity index is 448. The van der Waals surface area contributed by atoms with Crippen molar-refractivity contribution in [3.05, 3.63) is 35.4 Å². The fraction of sp³-hybridized carbons (Fsp3) is 0.429. The number of carboxylic acid groups (broad SMARTS) is 1. The first-order chi connectivity index (χ1) is 9.06. The van der Waals surface area contributed by atoms with E-state index in [1.54, 1.807) is 12.1 Å². The topological polar surface area (TPSA) is 66.4 Å². The summed E-state index contributed by atoms with van der Waals surface area (Å²) in [7, 11) is 0. The van der Waals surface area contributed by atoms with Crippen LogP contribution in [0.1, 0.15) is 41.0 Å². The number of thioether (sulfide) groups is 1. The van der Waals surface area contributed by atoms with Crippen LogP contribution < -0.4 is 5.32 Å². The molecule has 104 valence electrons. The van der Waals surface area contributed by atoms with Crippen LogP contribution in [-0.2, 0) is 0 Å². The number of carbonyl (C=O) groups is 2. The summed E-state index contributed by atoms with van der Waals surface area (Å²) in [6.07, 6.45) is 0.874. The molecule has 0 radical (unpaired) electrons. The maximum Gasteiger partial charge on any atom is 0.336 e. The Kier molecular flexibility index (Phi) is 6.42. The van der Waals surface area contributed by atoms with E-state index >= 15 is 0 Å². The lowest BCUT2D eigenvalue weighted by Gasteiger charge is -2.14. The van der Waals surface area contributed by atoms with Gasteiger partial charge in [0, 0.05) is 6.04 Å². The second-order valence-corrected chi connectivity index (χ2v) is 5.60. The molecule has 1 unspecified atom stereocenters. The molecule has 0 aliphatic carbocycles. The van der Waals surface area contributed by atoms with Crippen LogP contribution >= 0.6 is 11.8 Å². The van der Waals surface area contributed by atoms with Gasteiger partial charge in [-0.2, -0.15) is 11.8 Å². The van der Waals surface area contributed by atoms with Gasteiger partial charge in [0.05, 0.1) is 11.1 Å². The Morgan fingerprint density at radius 3 is 2.53 bits per heavy atom. The van der Waals surface area contributed by atoms with E-state index in [-0.39, 0.29) is 23.1 Å². The minimum atomic E-state index is -1.08. The van der Waals surface area contributed by atoms with Gasteiger partial charge in [0.1, 0.15) is 0 Å². The summed E-state index contributed by atoms with van der Waals surface area (Å²) in [6, 6.07) is 6.29. The van der Waals surface area contributed by atoms with Gasteiger partial charge >= 0.3 is 5.97 Å². The molecular weight excluding hydrogens is 262 g/mol. The number of hydrogen-bond acceptors (Lipinski definition) is 3. The minimum Gasteiger partial charge on any atom is -0.478 e. The second kappa shape index (κ2) is 7.84. The number of amides is 1. The number of benzene rings is 1. The standard InChI is InChI=1S/C14H19NO3S/c1-3-19-9-8-10(2)15-13(16)11-6-4-5-7-12(11)14(17)18/h4-7,10H,3,8-9H2,1-2H3,(H,15,16)(H,17,18). The van der Waals surface area contributed by atoms with Gasteiger partial charge in [-0.1, -0.05) is 19.1 Å². The monoisotopic (exact) mass is 281 g/mol. The minimum absolute atomic E-state index is 0.0356. The molecule has 1 aromatic carbocycles.